The number of pyridine rings is 2. The monoisotopic (exact) mass is 660 g/mol. The van der Waals surface area contributed by atoms with Crippen LogP contribution in [0.15, 0.2) is 109 Å². The van der Waals surface area contributed by atoms with Crippen LogP contribution in [0.4, 0.5) is 0 Å². The van der Waals surface area contributed by atoms with E-state index in [2.05, 4.69) is 69.5 Å². The number of carbonyl (C=O) groups is 2. The first-order valence-electron chi connectivity index (χ1n) is 17.5. The van der Waals surface area contributed by atoms with E-state index in [4.69, 9.17) is 9.97 Å². The average Bonchev–Trinajstić information content (AvgIpc) is 3.08. The zero-order valence-electron chi connectivity index (χ0n) is 29.5. The van der Waals surface area contributed by atoms with Crippen LogP contribution in [0.2, 0.25) is 0 Å². The second-order valence-electron chi connectivity index (χ2n) is 15.3. The van der Waals surface area contributed by atoms with Gasteiger partial charge in [0.15, 0.2) is 0 Å². The third-order valence-electron chi connectivity index (χ3n) is 10.0. The molecule has 50 heavy (non-hydrogen) atoms. The Morgan fingerprint density at radius 3 is 1.72 bits per heavy atom. The molecule has 7 rings (SSSR count). The summed E-state index contributed by atoms with van der Waals surface area (Å²) in [4.78, 5) is 37.9. The predicted molar refractivity (Wildman–Crippen MR) is 203 cm³/mol. The van der Waals surface area contributed by atoms with Crippen molar-refractivity contribution in [2.24, 2.45) is 10.8 Å². The number of para-hydroxylation sites is 2. The fourth-order valence-corrected chi connectivity index (χ4v) is 8.15. The highest BCUT2D eigenvalue weighted by Crippen LogP contribution is 2.46. The Kier molecular flexibility index (Phi) is 8.73. The summed E-state index contributed by atoms with van der Waals surface area (Å²) in [5.41, 5.74) is 8.37. The van der Waals surface area contributed by atoms with Crippen LogP contribution in [0.5, 0.6) is 0 Å². The van der Waals surface area contributed by atoms with E-state index in [0.29, 0.717) is 17.7 Å². The summed E-state index contributed by atoms with van der Waals surface area (Å²) >= 11 is 0. The Labute approximate surface area is 294 Å². The third-order valence-corrected chi connectivity index (χ3v) is 10.0. The number of amides is 2. The van der Waals surface area contributed by atoms with Gasteiger partial charge in [-0.3, -0.25) is 9.59 Å². The Hall–Kier alpha value is -5.36. The van der Waals surface area contributed by atoms with Gasteiger partial charge in [-0.2, -0.15) is 0 Å². The highest BCUT2D eigenvalue weighted by atomic mass is 16.2. The molecule has 0 unspecified atom stereocenters. The molecule has 6 nitrogen and oxygen atoms in total. The van der Waals surface area contributed by atoms with Gasteiger partial charge in [0.05, 0.1) is 33.5 Å². The summed E-state index contributed by atoms with van der Waals surface area (Å²) in [6.45, 7) is 11.4. The molecule has 0 bridgehead atoms. The summed E-state index contributed by atoms with van der Waals surface area (Å²) in [7, 11) is 0. The van der Waals surface area contributed by atoms with E-state index in [1.54, 1.807) is 0 Å². The number of benzene rings is 4. The van der Waals surface area contributed by atoms with Crippen molar-refractivity contribution in [2.45, 2.75) is 59.9 Å². The van der Waals surface area contributed by atoms with E-state index in [1.165, 1.54) is 0 Å². The van der Waals surface area contributed by atoms with E-state index in [9.17, 15) is 9.59 Å². The fraction of sp³-hybridized carbons (Fsp3) is 0.273. The Balaban J connectivity index is 1.13. The maximum absolute atomic E-state index is 14.1. The first-order chi connectivity index (χ1) is 24.0. The summed E-state index contributed by atoms with van der Waals surface area (Å²) in [5.74, 6) is -0.215. The molecule has 2 N–H and O–H groups in total. The van der Waals surface area contributed by atoms with Gasteiger partial charge in [0.1, 0.15) is 0 Å². The van der Waals surface area contributed by atoms with E-state index in [0.717, 1.165) is 74.7 Å². The number of rotatable bonds is 7. The van der Waals surface area contributed by atoms with Crippen LogP contribution in [0, 0.1) is 24.7 Å². The van der Waals surface area contributed by atoms with Gasteiger partial charge in [-0.1, -0.05) is 105 Å². The molecule has 2 heterocycles. The normalized spacial score (nSPS) is 18.5. The molecular formula is C44H44N4O2. The van der Waals surface area contributed by atoms with Crippen molar-refractivity contribution in [2.75, 3.05) is 6.54 Å². The van der Waals surface area contributed by atoms with Crippen LogP contribution in [0.3, 0.4) is 0 Å². The van der Waals surface area contributed by atoms with Gasteiger partial charge in [0.2, 0.25) is 0 Å². The third kappa shape index (κ3) is 7.02. The maximum Gasteiger partial charge on any atom is 0.252 e. The number of carbonyl (C=O) groups excluding carboxylic acids is 2. The van der Waals surface area contributed by atoms with Crippen molar-refractivity contribution < 1.29 is 9.59 Å². The summed E-state index contributed by atoms with van der Waals surface area (Å²) in [6.07, 6.45) is 2.53. The van der Waals surface area contributed by atoms with Crippen LogP contribution < -0.4 is 10.6 Å². The standard InChI is InChI=1S/C44H44N4O2/c1-28-12-10-14-30(20-28)39-22-35(33-16-6-8-18-37(33)47-39)41(49)45-27-44(5)25-32(24-43(3,4)26-44)46-42(50)36-23-40(31-15-11-13-29(2)21-31)48-38-19-9-7-17-34(36)38/h6-23,32H,24-27H2,1-5H3,(H,45,49)(H,46,50)/t32-,44-/m0/s1. The second-order valence-corrected chi connectivity index (χ2v) is 15.3. The molecule has 1 aliphatic carbocycles. The molecule has 1 fully saturated rings. The fourth-order valence-electron chi connectivity index (χ4n) is 8.15. The van der Waals surface area contributed by atoms with Crippen molar-refractivity contribution in [3.05, 3.63) is 131 Å². The lowest BCUT2D eigenvalue weighted by molar-refractivity contribution is 0.0593. The highest BCUT2D eigenvalue weighted by molar-refractivity contribution is 6.08. The number of fused-ring (bicyclic) bond motifs is 2. The predicted octanol–water partition coefficient (Wildman–Crippen LogP) is 9.48. The van der Waals surface area contributed by atoms with Crippen LogP contribution in [-0.2, 0) is 0 Å². The topological polar surface area (TPSA) is 84.0 Å². The van der Waals surface area contributed by atoms with Crippen molar-refractivity contribution in [1.29, 1.82) is 0 Å². The molecule has 0 radical (unpaired) electrons. The lowest BCUT2D eigenvalue weighted by atomic mass is 9.62. The van der Waals surface area contributed by atoms with Crippen LogP contribution >= 0.6 is 0 Å². The summed E-state index contributed by atoms with van der Waals surface area (Å²) in [6, 6.07) is 35.8. The van der Waals surface area contributed by atoms with E-state index in [1.807, 2.05) is 84.9 Å². The van der Waals surface area contributed by atoms with Gasteiger partial charge in [0, 0.05) is 34.5 Å². The van der Waals surface area contributed by atoms with E-state index in [-0.39, 0.29) is 28.7 Å². The molecule has 6 heteroatoms. The molecule has 0 aliphatic heterocycles. The zero-order valence-corrected chi connectivity index (χ0v) is 29.5. The average molecular weight is 661 g/mol. The molecule has 1 aliphatic rings. The van der Waals surface area contributed by atoms with Crippen molar-refractivity contribution in [1.82, 2.24) is 20.6 Å². The maximum atomic E-state index is 14.1. The number of aromatic nitrogens is 2. The van der Waals surface area contributed by atoms with E-state index < -0.39 is 0 Å². The zero-order chi connectivity index (χ0) is 35.0. The molecule has 4 aromatic carbocycles. The minimum atomic E-state index is -0.232. The number of hydrogen-bond acceptors (Lipinski definition) is 4. The summed E-state index contributed by atoms with van der Waals surface area (Å²) < 4.78 is 0. The quantitative estimate of drug-likeness (QED) is 0.179. The Bertz CT molecular complexity index is 2260. The molecule has 2 amide bonds. The first kappa shape index (κ1) is 33.2. The van der Waals surface area contributed by atoms with Gasteiger partial charge >= 0.3 is 0 Å². The van der Waals surface area contributed by atoms with Crippen LogP contribution in [0.1, 0.15) is 71.9 Å². The largest absolute Gasteiger partial charge is 0.351 e. The SMILES string of the molecule is Cc1cccc(-c2cc(C(=O)NC[C@@]3(C)C[C@@H](NC(=O)c4cc(-c5cccc(C)c5)nc5ccccc45)CC(C)(C)C3)c3ccccc3n2)c1. The highest BCUT2D eigenvalue weighted by Gasteiger charge is 2.42. The number of nitrogens with zero attached hydrogens (tertiary/aromatic N) is 2. The molecule has 2 atom stereocenters. The Morgan fingerprint density at radius 2 is 1.18 bits per heavy atom. The lowest BCUT2D eigenvalue weighted by Crippen LogP contribution is -2.50. The van der Waals surface area contributed by atoms with Gasteiger partial charge in [-0.15, -0.1) is 0 Å². The van der Waals surface area contributed by atoms with Crippen molar-refractivity contribution in [3.63, 3.8) is 0 Å². The number of aryl methyl sites for hydroxylation is 2. The number of nitrogens with one attached hydrogen (secondary N) is 2. The van der Waals surface area contributed by atoms with Gasteiger partial charge < -0.3 is 10.6 Å². The second kappa shape index (κ2) is 13.2. The lowest BCUT2D eigenvalue weighted by Gasteiger charge is -2.47. The van der Waals surface area contributed by atoms with Crippen molar-refractivity contribution >= 4 is 33.6 Å². The number of hydrogen-bond donors (Lipinski definition) is 2. The molecule has 252 valence electrons. The van der Waals surface area contributed by atoms with Crippen molar-refractivity contribution in [3.8, 4) is 22.5 Å². The first-order valence-corrected chi connectivity index (χ1v) is 17.5. The van der Waals surface area contributed by atoms with Gasteiger partial charge in [-0.05, 0) is 80.3 Å². The minimum absolute atomic E-state index is 0.0373. The van der Waals surface area contributed by atoms with Crippen LogP contribution in [0.25, 0.3) is 44.3 Å². The van der Waals surface area contributed by atoms with Gasteiger partial charge in [-0.25, -0.2) is 9.97 Å². The summed E-state index contributed by atoms with van der Waals surface area (Å²) in [5, 5.41) is 8.38. The molecule has 6 aromatic rings. The Morgan fingerprint density at radius 1 is 0.660 bits per heavy atom. The molecule has 1 saturated carbocycles. The van der Waals surface area contributed by atoms with E-state index >= 15 is 0 Å². The molecular weight excluding hydrogens is 617 g/mol. The van der Waals surface area contributed by atoms with Gasteiger partial charge in [0.25, 0.3) is 11.8 Å². The molecule has 2 aromatic heterocycles. The molecule has 0 spiro atoms. The smallest absolute Gasteiger partial charge is 0.252 e. The molecule has 0 saturated heterocycles. The van der Waals surface area contributed by atoms with Crippen LogP contribution in [-0.4, -0.2) is 34.4 Å². The minimum Gasteiger partial charge on any atom is -0.351 e.